The first-order chi connectivity index (χ1) is 9.11. The minimum atomic E-state index is 0.274. The zero-order valence-electron chi connectivity index (χ0n) is 12.6. The Bertz CT molecular complexity index is 390. The van der Waals surface area contributed by atoms with Gasteiger partial charge >= 0.3 is 0 Å². The van der Waals surface area contributed by atoms with Crippen LogP contribution in [0.15, 0.2) is 10.6 Å². The van der Waals surface area contributed by atoms with Crippen LogP contribution < -0.4 is 5.32 Å². The summed E-state index contributed by atoms with van der Waals surface area (Å²) in [4.78, 5) is 6.88. The summed E-state index contributed by atoms with van der Waals surface area (Å²) in [6.07, 6.45) is 5.45. The molecule has 1 aliphatic rings. The molecule has 1 saturated heterocycles. The van der Waals surface area contributed by atoms with Gasteiger partial charge in [-0.15, -0.1) is 0 Å². The lowest BCUT2D eigenvalue weighted by molar-refractivity contribution is 0.0818. The van der Waals surface area contributed by atoms with E-state index in [1.807, 2.05) is 13.1 Å². The van der Waals surface area contributed by atoms with Crippen LogP contribution in [0.5, 0.6) is 0 Å². The molecular weight excluding hydrogens is 238 g/mol. The highest BCUT2D eigenvalue weighted by Gasteiger charge is 2.30. The number of hydrogen-bond acceptors (Lipinski definition) is 4. The maximum absolute atomic E-state index is 5.67. The van der Waals surface area contributed by atoms with E-state index in [0.29, 0.717) is 12.1 Å². The predicted octanol–water partition coefficient (Wildman–Crippen LogP) is 2.90. The van der Waals surface area contributed by atoms with Crippen molar-refractivity contribution in [3.63, 3.8) is 0 Å². The molecule has 3 unspecified atom stereocenters. The number of aryl methyl sites for hydroxylation is 1. The molecule has 2 heterocycles. The molecule has 1 aromatic rings. The van der Waals surface area contributed by atoms with Crippen LogP contribution in [0.4, 0.5) is 0 Å². The van der Waals surface area contributed by atoms with E-state index in [4.69, 9.17) is 4.42 Å². The summed E-state index contributed by atoms with van der Waals surface area (Å²) < 4.78 is 5.67. The first kappa shape index (κ1) is 14.5. The van der Waals surface area contributed by atoms with Gasteiger partial charge < -0.3 is 9.73 Å². The van der Waals surface area contributed by atoms with Gasteiger partial charge in [0.05, 0.1) is 12.2 Å². The van der Waals surface area contributed by atoms with E-state index in [9.17, 15) is 0 Å². The second kappa shape index (κ2) is 6.53. The van der Waals surface area contributed by atoms with Crippen molar-refractivity contribution >= 4 is 0 Å². The highest BCUT2D eigenvalue weighted by Crippen LogP contribution is 2.28. The topological polar surface area (TPSA) is 41.3 Å². The first-order valence-corrected chi connectivity index (χ1v) is 7.53. The van der Waals surface area contributed by atoms with Gasteiger partial charge in [-0.25, -0.2) is 4.98 Å². The van der Waals surface area contributed by atoms with Crippen LogP contribution in [0.2, 0.25) is 0 Å². The van der Waals surface area contributed by atoms with Gasteiger partial charge in [0.25, 0.3) is 0 Å². The van der Waals surface area contributed by atoms with E-state index in [-0.39, 0.29) is 6.04 Å². The van der Waals surface area contributed by atoms with Gasteiger partial charge in [-0.3, -0.25) is 4.90 Å². The lowest BCUT2D eigenvalue weighted by Gasteiger charge is -2.40. The van der Waals surface area contributed by atoms with E-state index < -0.39 is 0 Å². The summed E-state index contributed by atoms with van der Waals surface area (Å²) >= 11 is 0. The summed E-state index contributed by atoms with van der Waals surface area (Å²) in [5.74, 6) is 1.75. The van der Waals surface area contributed by atoms with Gasteiger partial charge in [-0.1, -0.05) is 6.92 Å². The molecule has 4 nitrogen and oxygen atoms in total. The molecule has 1 aromatic heterocycles. The molecule has 19 heavy (non-hydrogen) atoms. The molecular formula is C15H27N3O. The van der Waals surface area contributed by atoms with E-state index >= 15 is 0 Å². The number of aromatic nitrogens is 1. The fourth-order valence-electron chi connectivity index (χ4n) is 3.01. The quantitative estimate of drug-likeness (QED) is 0.889. The largest absolute Gasteiger partial charge is 0.444 e. The summed E-state index contributed by atoms with van der Waals surface area (Å²) in [5.41, 5.74) is 0. The molecule has 0 saturated carbocycles. The highest BCUT2D eigenvalue weighted by molar-refractivity contribution is 4.98. The van der Waals surface area contributed by atoms with Crippen molar-refractivity contribution in [3.05, 3.63) is 17.8 Å². The summed E-state index contributed by atoms with van der Waals surface area (Å²) in [6.45, 7) is 10.9. The van der Waals surface area contributed by atoms with E-state index in [1.165, 1.54) is 19.3 Å². The molecule has 1 fully saturated rings. The van der Waals surface area contributed by atoms with Gasteiger partial charge in [0.2, 0.25) is 5.89 Å². The molecule has 108 valence electrons. The van der Waals surface area contributed by atoms with E-state index in [2.05, 4.69) is 36.0 Å². The molecule has 0 aromatic carbocycles. The van der Waals surface area contributed by atoms with Crippen LogP contribution in [-0.4, -0.2) is 35.1 Å². The summed E-state index contributed by atoms with van der Waals surface area (Å²) in [7, 11) is 0. The van der Waals surface area contributed by atoms with Crippen molar-refractivity contribution in [2.24, 2.45) is 0 Å². The van der Waals surface area contributed by atoms with Gasteiger partial charge in [-0.2, -0.15) is 0 Å². The minimum absolute atomic E-state index is 0.274. The first-order valence-electron chi connectivity index (χ1n) is 7.53. The maximum Gasteiger partial charge on any atom is 0.211 e. The molecule has 0 spiro atoms. The molecule has 1 aliphatic heterocycles. The predicted molar refractivity (Wildman–Crippen MR) is 77.1 cm³/mol. The Hall–Kier alpha value is -0.870. The Kier molecular flexibility index (Phi) is 4.99. The monoisotopic (exact) mass is 265 g/mol. The van der Waals surface area contributed by atoms with E-state index in [0.717, 1.165) is 24.7 Å². The third-order valence-corrected chi connectivity index (χ3v) is 4.10. The fraction of sp³-hybridized carbons (Fsp3) is 0.800. The van der Waals surface area contributed by atoms with Crippen LogP contribution in [0, 0.1) is 6.92 Å². The number of likely N-dealkylation sites (tertiary alicyclic amines) is 1. The van der Waals surface area contributed by atoms with Crippen LogP contribution >= 0.6 is 0 Å². The number of nitrogens with one attached hydrogen (secondary N) is 1. The lowest BCUT2D eigenvalue weighted by atomic mass is 9.96. The van der Waals surface area contributed by atoms with Crippen molar-refractivity contribution in [2.45, 2.75) is 65.1 Å². The molecule has 4 heteroatoms. The van der Waals surface area contributed by atoms with E-state index in [1.54, 1.807) is 0 Å². The second-order valence-corrected chi connectivity index (χ2v) is 5.75. The number of rotatable bonds is 5. The third kappa shape index (κ3) is 3.57. The van der Waals surface area contributed by atoms with Gasteiger partial charge in [0.15, 0.2) is 0 Å². The van der Waals surface area contributed by atoms with Gasteiger partial charge in [0.1, 0.15) is 5.76 Å². The Balaban J connectivity index is 1.92. The molecule has 2 rings (SSSR count). The van der Waals surface area contributed by atoms with Crippen molar-refractivity contribution in [1.82, 2.24) is 15.2 Å². The summed E-state index contributed by atoms with van der Waals surface area (Å²) in [6, 6.07) is 1.52. The van der Waals surface area contributed by atoms with Crippen molar-refractivity contribution < 1.29 is 4.42 Å². The van der Waals surface area contributed by atoms with Crippen LogP contribution in [-0.2, 0) is 0 Å². The summed E-state index contributed by atoms with van der Waals surface area (Å²) in [5, 5.41) is 3.64. The minimum Gasteiger partial charge on any atom is -0.444 e. The molecule has 3 atom stereocenters. The average Bonchev–Trinajstić information content (AvgIpc) is 2.82. The van der Waals surface area contributed by atoms with Crippen molar-refractivity contribution in [1.29, 1.82) is 0 Å². The Morgan fingerprint density at radius 2 is 2.37 bits per heavy atom. The number of oxazole rings is 1. The fourth-order valence-corrected chi connectivity index (χ4v) is 3.01. The molecule has 1 N–H and O–H groups in total. The Morgan fingerprint density at radius 3 is 2.95 bits per heavy atom. The highest BCUT2D eigenvalue weighted by atomic mass is 16.4. The van der Waals surface area contributed by atoms with Crippen LogP contribution in [0.3, 0.4) is 0 Å². The molecule has 0 bridgehead atoms. The normalized spacial score (nSPS) is 26.5. The molecule has 0 radical (unpaired) electrons. The third-order valence-electron chi connectivity index (χ3n) is 4.10. The van der Waals surface area contributed by atoms with Gasteiger partial charge in [0, 0.05) is 18.6 Å². The second-order valence-electron chi connectivity index (χ2n) is 5.75. The maximum atomic E-state index is 5.67. The Labute approximate surface area is 116 Å². The molecule has 0 aliphatic carbocycles. The van der Waals surface area contributed by atoms with Gasteiger partial charge in [-0.05, 0) is 46.6 Å². The SMILES string of the molecule is CCCNC1CCN(C(C)c2ncc(C)o2)C(C)C1. The number of nitrogens with zero attached hydrogens (tertiary/aromatic N) is 2. The molecule has 0 amide bonds. The number of hydrogen-bond donors (Lipinski definition) is 1. The zero-order chi connectivity index (χ0) is 13.8. The smallest absolute Gasteiger partial charge is 0.211 e. The Morgan fingerprint density at radius 1 is 1.58 bits per heavy atom. The van der Waals surface area contributed by atoms with Crippen molar-refractivity contribution in [3.8, 4) is 0 Å². The standard InChI is InChI=1S/C15H27N3O/c1-5-7-16-14-6-8-18(11(2)9-14)13(4)15-17-10-12(3)19-15/h10-11,13-14,16H,5-9H2,1-4H3. The van der Waals surface area contributed by atoms with Crippen LogP contribution in [0.25, 0.3) is 0 Å². The number of piperidine rings is 1. The van der Waals surface area contributed by atoms with Crippen LogP contribution in [0.1, 0.15) is 57.7 Å². The lowest BCUT2D eigenvalue weighted by Crippen LogP contribution is -2.48. The van der Waals surface area contributed by atoms with Crippen molar-refractivity contribution in [2.75, 3.05) is 13.1 Å². The zero-order valence-corrected chi connectivity index (χ0v) is 12.6. The average molecular weight is 265 g/mol.